The van der Waals surface area contributed by atoms with Crippen molar-refractivity contribution in [2.45, 2.75) is 10.9 Å². The Labute approximate surface area is 137 Å². The van der Waals surface area contributed by atoms with Crippen LogP contribution in [0.15, 0.2) is 55.7 Å². The zero-order valence-corrected chi connectivity index (χ0v) is 13.6. The number of benzene rings is 1. The van der Waals surface area contributed by atoms with E-state index in [1.54, 1.807) is 24.5 Å². The topological polar surface area (TPSA) is 73.1 Å². The Kier molecular flexibility index (Phi) is 4.35. The van der Waals surface area contributed by atoms with Gasteiger partial charge >= 0.3 is 0 Å². The second-order valence-electron chi connectivity index (χ2n) is 4.40. The molecule has 0 radical (unpaired) electrons. The highest BCUT2D eigenvalue weighted by molar-refractivity contribution is 9.10. The molecule has 0 saturated carbocycles. The molecule has 0 N–H and O–H groups in total. The summed E-state index contributed by atoms with van der Waals surface area (Å²) in [7, 11) is 0. The third kappa shape index (κ3) is 2.95. The molecule has 3 aromatic rings. The van der Waals surface area contributed by atoms with Crippen molar-refractivity contribution in [3.05, 3.63) is 62.7 Å². The van der Waals surface area contributed by atoms with Gasteiger partial charge in [-0.1, -0.05) is 27.7 Å². The Morgan fingerprint density at radius 3 is 2.77 bits per heavy atom. The van der Waals surface area contributed by atoms with Crippen LogP contribution in [0.3, 0.4) is 0 Å². The highest BCUT2D eigenvalue weighted by atomic mass is 79.9. The van der Waals surface area contributed by atoms with Gasteiger partial charge in [-0.25, -0.2) is 9.97 Å². The summed E-state index contributed by atoms with van der Waals surface area (Å²) in [5, 5.41) is 1.02. The maximum Gasteiger partial charge on any atom is 0.203 e. The summed E-state index contributed by atoms with van der Waals surface area (Å²) in [4.78, 5) is 31.3. The van der Waals surface area contributed by atoms with E-state index in [1.807, 2.05) is 6.07 Å². The number of hydrogen-bond donors (Lipinski definition) is 0. The molecule has 110 valence electrons. The highest BCUT2D eigenvalue weighted by Crippen LogP contribution is 2.27. The summed E-state index contributed by atoms with van der Waals surface area (Å²) in [6, 6.07) is 5.28. The van der Waals surface area contributed by atoms with Crippen molar-refractivity contribution in [1.29, 1.82) is 0 Å². The number of carbonyl (C=O) groups is 1. The first-order valence-electron chi connectivity index (χ1n) is 6.28. The quantitative estimate of drug-likeness (QED) is 0.394. The summed E-state index contributed by atoms with van der Waals surface area (Å²) in [5.41, 5.74) is 0.981. The van der Waals surface area contributed by atoms with E-state index < -0.39 is 0 Å². The van der Waals surface area contributed by atoms with Crippen LogP contribution < -0.4 is 5.43 Å². The second-order valence-corrected chi connectivity index (χ2v) is 6.26. The number of aldehydes is 1. The number of aromatic nitrogens is 2. The average Bonchev–Trinajstić information content (AvgIpc) is 2.54. The van der Waals surface area contributed by atoms with Crippen LogP contribution in [0.5, 0.6) is 0 Å². The van der Waals surface area contributed by atoms with Crippen LogP contribution in [0.25, 0.3) is 11.0 Å². The van der Waals surface area contributed by atoms with Gasteiger partial charge in [-0.05, 0) is 18.2 Å². The van der Waals surface area contributed by atoms with Gasteiger partial charge in [-0.15, -0.1) is 0 Å². The number of nitrogens with zero attached hydrogens (tertiary/aromatic N) is 2. The molecule has 5 nitrogen and oxygen atoms in total. The molecule has 2 aromatic heterocycles. The molecule has 7 heteroatoms. The summed E-state index contributed by atoms with van der Waals surface area (Å²) in [6.07, 6.45) is 5.03. The van der Waals surface area contributed by atoms with E-state index in [-0.39, 0.29) is 11.0 Å². The molecule has 3 rings (SSSR count). The minimum absolute atomic E-state index is 0.00981. The van der Waals surface area contributed by atoms with Crippen molar-refractivity contribution >= 4 is 44.9 Å². The fourth-order valence-corrected chi connectivity index (χ4v) is 3.26. The lowest BCUT2D eigenvalue weighted by Crippen LogP contribution is -2.08. The molecule has 22 heavy (non-hydrogen) atoms. The fourth-order valence-electron chi connectivity index (χ4n) is 1.98. The predicted molar refractivity (Wildman–Crippen MR) is 87.2 cm³/mol. The van der Waals surface area contributed by atoms with Gasteiger partial charge in [0.05, 0.1) is 10.9 Å². The molecule has 0 atom stereocenters. The summed E-state index contributed by atoms with van der Waals surface area (Å²) < 4.78 is 6.23. The number of thioether (sulfide) groups is 1. The Balaban J connectivity index is 2.04. The second kappa shape index (κ2) is 6.41. The van der Waals surface area contributed by atoms with Crippen LogP contribution in [-0.4, -0.2) is 16.3 Å². The van der Waals surface area contributed by atoms with Crippen LogP contribution >= 0.6 is 27.7 Å². The standard InChI is InChI=1S/C15H9BrN2O3S/c16-11-4-9(8-22-15-17-2-1-3-18-15)14-12(5-11)13(20)10(6-19)7-21-14/h1-7H,8H2. The zero-order valence-electron chi connectivity index (χ0n) is 11.2. The smallest absolute Gasteiger partial charge is 0.203 e. The SMILES string of the molecule is O=Cc1coc2c(CSc3ncccn3)cc(Br)cc2c1=O. The molecular formula is C15H9BrN2O3S. The number of rotatable bonds is 4. The maximum atomic E-state index is 12.2. The van der Waals surface area contributed by atoms with Gasteiger partial charge in [-0.3, -0.25) is 9.59 Å². The largest absolute Gasteiger partial charge is 0.463 e. The first-order chi connectivity index (χ1) is 10.7. The molecule has 2 heterocycles. The van der Waals surface area contributed by atoms with E-state index >= 15 is 0 Å². The lowest BCUT2D eigenvalue weighted by atomic mass is 10.1. The van der Waals surface area contributed by atoms with Crippen LogP contribution in [0.4, 0.5) is 0 Å². The number of fused-ring (bicyclic) bond motifs is 1. The summed E-state index contributed by atoms with van der Waals surface area (Å²) in [6.45, 7) is 0. The van der Waals surface area contributed by atoms with Crippen molar-refractivity contribution < 1.29 is 9.21 Å². The van der Waals surface area contributed by atoms with Crippen molar-refractivity contribution in [3.8, 4) is 0 Å². The van der Waals surface area contributed by atoms with Crippen LogP contribution in [0.2, 0.25) is 0 Å². The Morgan fingerprint density at radius 2 is 2.05 bits per heavy atom. The third-order valence-corrected chi connectivity index (χ3v) is 4.35. The molecule has 0 bridgehead atoms. The molecule has 0 saturated heterocycles. The van der Waals surface area contributed by atoms with Gasteiger partial charge in [0.25, 0.3) is 0 Å². The fraction of sp³-hybridized carbons (Fsp3) is 0.0667. The van der Waals surface area contributed by atoms with Gasteiger partial charge < -0.3 is 4.42 Å². The lowest BCUT2D eigenvalue weighted by molar-refractivity contribution is 0.112. The highest BCUT2D eigenvalue weighted by Gasteiger charge is 2.12. The number of halogens is 1. The van der Waals surface area contributed by atoms with E-state index in [0.29, 0.717) is 28.2 Å². The normalized spacial score (nSPS) is 10.8. The van der Waals surface area contributed by atoms with E-state index in [0.717, 1.165) is 10.0 Å². The Morgan fingerprint density at radius 1 is 1.27 bits per heavy atom. The minimum Gasteiger partial charge on any atom is -0.463 e. The summed E-state index contributed by atoms with van der Waals surface area (Å²) >= 11 is 4.82. The molecule has 0 aliphatic heterocycles. The van der Waals surface area contributed by atoms with Gasteiger partial charge in [-0.2, -0.15) is 0 Å². The summed E-state index contributed by atoms with van der Waals surface area (Å²) in [5.74, 6) is 0.545. The molecule has 0 aliphatic carbocycles. The van der Waals surface area contributed by atoms with Gasteiger partial charge in [0.1, 0.15) is 11.8 Å². The molecule has 0 fully saturated rings. The van der Waals surface area contributed by atoms with Crippen LogP contribution in [0, 0.1) is 0 Å². The van der Waals surface area contributed by atoms with Crippen LogP contribution in [-0.2, 0) is 5.75 Å². The molecule has 0 aliphatic rings. The monoisotopic (exact) mass is 376 g/mol. The average molecular weight is 377 g/mol. The lowest BCUT2D eigenvalue weighted by Gasteiger charge is -2.06. The van der Waals surface area contributed by atoms with Crippen molar-refractivity contribution in [2.75, 3.05) is 0 Å². The molecule has 0 amide bonds. The first-order valence-corrected chi connectivity index (χ1v) is 8.06. The van der Waals surface area contributed by atoms with Crippen molar-refractivity contribution in [2.24, 2.45) is 0 Å². The van der Waals surface area contributed by atoms with Gasteiger partial charge in [0.2, 0.25) is 5.43 Å². The van der Waals surface area contributed by atoms with E-state index in [1.165, 1.54) is 18.0 Å². The predicted octanol–water partition coefficient (Wildman–Crippen LogP) is 3.45. The Hall–Kier alpha value is -1.99. The first kappa shape index (κ1) is 14.9. The molecular weight excluding hydrogens is 368 g/mol. The molecule has 0 spiro atoms. The van der Waals surface area contributed by atoms with Gasteiger partial charge in [0, 0.05) is 28.2 Å². The zero-order chi connectivity index (χ0) is 15.5. The molecule has 1 aromatic carbocycles. The van der Waals surface area contributed by atoms with E-state index in [9.17, 15) is 9.59 Å². The Bertz CT molecular complexity index is 896. The van der Waals surface area contributed by atoms with Gasteiger partial charge in [0.15, 0.2) is 11.4 Å². The number of hydrogen-bond acceptors (Lipinski definition) is 6. The third-order valence-electron chi connectivity index (χ3n) is 2.97. The minimum atomic E-state index is -0.334. The maximum absolute atomic E-state index is 12.2. The van der Waals surface area contributed by atoms with Crippen LogP contribution in [0.1, 0.15) is 15.9 Å². The van der Waals surface area contributed by atoms with Crippen molar-refractivity contribution in [3.63, 3.8) is 0 Å². The van der Waals surface area contributed by atoms with E-state index in [2.05, 4.69) is 25.9 Å². The number of carbonyl (C=O) groups excluding carboxylic acids is 1. The molecule has 0 unspecified atom stereocenters. The van der Waals surface area contributed by atoms with Crippen molar-refractivity contribution in [1.82, 2.24) is 9.97 Å². The van der Waals surface area contributed by atoms with E-state index in [4.69, 9.17) is 4.42 Å².